The van der Waals surface area contributed by atoms with E-state index in [0.29, 0.717) is 18.4 Å². The molecule has 1 aliphatic rings. The number of amides is 1. The molecule has 120 valence electrons. The second-order valence-corrected chi connectivity index (χ2v) is 6.70. The molecule has 2 rings (SSSR count). The molecule has 0 atom stereocenters. The normalized spacial score (nSPS) is 21.6. The molecular formula is C18H25NO3. The molecule has 4 heteroatoms. The first-order chi connectivity index (χ1) is 10.6. The van der Waals surface area contributed by atoms with Gasteiger partial charge in [0, 0.05) is 11.1 Å². The van der Waals surface area contributed by atoms with Crippen LogP contribution in [0.4, 0.5) is 0 Å². The maximum atomic E-state index is 11.3. The van der Waals surface area contributed by atoms with Crippen LogP contribution >= 0.6 is 0 Å². The molecule has 0 N–H and O–H groups in total. The molecule has 1 aliphatic carbocycles. The highest BCUT2D eigenvalue weighted by atomic mass is 16.5. The Hall–Kier alpha value is -1.71. The molecule has 1 aromatic rings. The summed E-state index contributed by atoms with van der Waals surface area (Å²) in [6, 6.07) is 8.31. The zero-order valence-corrected chi connectivity index (χ0v) is 13.5. The Balaban J connectivity index is 1.74. The number of ether oxygens (including phenoxy) is 1. The fourth-order valence-electron chi connectivity index (χ4n) is 3.06. The first-order valence-corrected chi connectivity index (χ1v) is 8.17. The fraction of sp³-hybridized carbons (Fsp3) is 0.611. The highest BCUT2D eigenvalue weighted by Gasteiger charge is 2.27. The Morgan fingerprint density at radius 2 is 1.82 bits per heavy atom. The van der Waals surface area contributed by atoms with Gasteiger partial charge < -0.3 is 4.74 Å². The van der Waals surface area contributed by atoms with Gasteiger partial charge in [-0.3, -0.25) is 4.79 Å². The average Bonchev–Trinajstić information content (AvgIpc) is 2.53. The molecule has 0 saturated heterocycles. The van der Waals surface area contributed by atoms with E-state index in [1.165, 1.54) is 5.56 Å². The lowest BCUT2D eigenvalue weighted by Gasteiger charge is -2.26. The van der Waals surface area contributed by atoms with Crippen LogP contribution < -0.4 is 4.74 Å². The summed E-state index contributed by atoms with van der Waals surface area (Å²) in [6.07, 6.45) is 4.45. The third-order valence-corrected chi connectivity index (χ3v) is 4.34. The van der Waals surface area contributed by atoms with Crippen LogP contribution in [0.1, 0.15) is 45.1 Å². The minimum Gasteiger partial charge on any atom is -0.493 e. The SMILES string of the molecule is CC(C)Cc1ccc(OC[C@H]2CC[C@H](C(=O)N=O)CC2)cc1. The number of hydrogen-bond acceptors (Lipinski definition) is 3. The molecule has 1 fully saturated rings. The molecule has 0 aromatic heterocycles. The smallest absolute Gasteiger partial charge is 0.289 e. The number of carbonyl (C=O) groups excluding carboxylic acids is 1. The van der Waals surface area contributed by atoms with Crippen molar-refractivity contribution in [2.75, 3.05) is 6.61 Å². The van der Waals surface area contributed by atoms with E-state index >= 15 is 0 Å². The van der Waals surface area contributed by atoms with E-state index in [2.05, 4.69) is 31.2 Å². The van der Waals surface area contributed by atoms with E-state index in [9.17, 15) is 9.70 Å². The van der Waals surface area contributed by atoms with Crippen molar-refractivity contribution in [2.45, 2.75) is 46.0 Å². The van der Waals surface area contributed by atoms with Crippen molar-refractivity contribution >= 4 is 5.91 Å². The number of nitroso groups, excluding NO2 is 1. The summed E-state index contributed by atoms with van der Waals surface area (Å²) in [7, 11) is 0. The van der Waals surface area contributed by atoms with E-state index in [0.717, 1.165) is 37.9 Å². The van der Waals surface area contributed by atoms with Crippen molar-refractivity contribution in [1.82, 2.24) is 0 Å². The number of rotatable bonds is 6. The Labute approximate surface area is 132 Å². The minimum absolute atomic E-state index is 0.163. The van der Waals surface area contributed by atoms with Gasteiger partial charge in [-0.1, -0.05) is 26.0 Å². The van der Waals surface area contributed by atoms with Crippen LogP contribution in [0, 0.1) is 22.7 Å². The quantitative estimate of drug-likeness (QED) is 0.733. The minimum atomic E-state index is -0.486. The molecule has 4 nitrogen and oxygen atoms in total. The van der Waals surface area contributed by atoms with Crippen LogP contribution in [-0.4, -0.2) is 12.5 Å². The molecule has 0 heterocycles. The summed E-state index contributed by atoms with van der Waals surface area (Å²) in [5, 5.41) is 2.54. The van der Waals surface area contributed by atoms with Crippen molar-refractivity contribution in [3.8, 4) is 5.75 Å². The summed E-state index contributed by atoms with van der Waals surface area (Å²) in [4.78, 5) is 21.5. The van der Waals surface area contributed by atoms with Crippen molar-refractivity contribution < 1.29 is 9.53 Å². The van der Waals surface area contributed by atoms with Gasteiger partial charge in [0.25, 0.3) is 5.91 Å². The predicted octanol–water partition coefficient (Wildman–Crippen LogP) is 4.36. The lowest BCUT2D eigenvalue weighted by atomic mass is 9.82. The molecule has 1 aromatic carbocycles. The highest BCUT2D eigenvalue weighted by Crippen LogP contribution is 2.30. The maximum absolute atomic E-state index is 11.3. The zero-order valence-electron chi connectivity index (χ0n) is 13.5. The lowest BCUT2D eigenvalue weighted by Crippen LogP contribution is -2.23. The first kappa shape index (κ1) is 16.7. The van der Waals surface area contributed by atoms with Crippen LogP contribution in [0.3, 0.4) is 0 Å². The molecule has 0 unspecified atom stereocenters. The van der Waals surface area contributed by atoms with E-state index in [1.807, 2.05) is 12.1 Å². The summed E-state index contributed by atoms with van der Waals surface area (Å²) in [5.41, 5.74) is 1.34. The van der Waals surface area contributed by atoms with Gasteiger partial charge in [0.1, 0.15) is 5.75 Å². The maximum Gasteiger partial charge on any atom is 0.289 e. The molecule has 1 amide bonds. The van der Waals surface area contributed by atoms with Gasteiger partial charge in [-0.05, 0) is 61.6 Å². The molecule has 0 aliphatic heterocycles. The van der Waals surface area contributed by atoms with Gasteiger partial charge in [-0.25, -0.2) is 0 Å². The van der Waals surface area contributed by atoms with Crippen molar-refractivity contribution in [2.24, 2.45) is 22.9 Å². The zero-order chi connectivity index (χ0) is 15.9. The summed E-state index contributed by atoms with van der Waals surface area (Å²) >= 11 is 0. The van der Waals surface area contributed by atoms with Crippen molar-refractivity contribution in [3.05, 3.63) is 34.7 Å². The third-order valence-electron chi connectivity index (χ3n) is 4.34. The van der Waals surface area contributed by atoms with Crippen LogP contribution in [0.5, 0.6) is 5.75 Å². The van der Waals surface area contributed by atoms with Crippen molar-refractivity contribution in [1.29, 1.82) is 0 Å². The highest BCUT2D eigenvalue weighted by molar-refractivity contribution is 5.79. The van der Waals surface area contributed by atoms with Crippen LogP contribution in [0.2, 0.25) is 0 Å². The largest absolute Gasteiger partial charge is 0.493 e. The summed E-state index contributed by atoms with van der Waals surface area (Å²) in [6.45, 7) is 5.11. The van der Waals surface area contributed by atoms with E-state index in [4.69, 9.17) is 4.74 Å². The fourth-order valence-corrected chi connectivity index (χ4v) is 3.06. The van der Waals surface area contributed by atoms with E-state index < -0.39 is 5.91 Å². The molecular weight excluding hydrogens is 278 g/mol. The molecule has 22 heavy (non-hydrogen) atoms. The predicted molar refractivity (Wildman–Crippen MR) is 86.7 cm³/mol. The van der Waals surface area contributed by atoms with Gasteiger partial charge in [0.15, 0.2) is 0 Å². The topological polar surface area (TPSA) is 55.7 Å². The lowest BCUT2D eigenvalue weighted by molar-refractivity contribution is -0.122. The Bertz CT molecular complexity index is 488. The van der Waals surface area contributed by atoms with E-state index in [1.54, 1.807) is 0 Å². The van der Waals surface area contributed by atoms with Gasteiger partial charge >= 0.3 is 0 Å². The van der Waals surface area contributed by atoms with Gasteiger partial charge in [-0.15, -0.1) is 4.91 Å². The van der Waals surface area contributed by atoms with Crippen LogP contribution in [-0.2, 0) is 11.2 Å². The number of nitrogens with zero attached hydrogens (tertiary/aromatic N) is 1. The number of hydrogen-bond donors (Lipinski definition) is 0. The van der Waals surface area contributed by atoms with Crippen molar-refractivity contribution in [3.63, 3.8) is 0 Å². The number of carbonyl (C=O) groups is 1. The number of benzene rings is 1. The molecule has 1 saturated carbocycles. The third kappa shape index (κ3) is 4.93. The first-order valence-electron chi connectivity index (χ1n) is 8.17. The van der Waals surface area contributed by atoms with Crippen LogP contribution in [0.25, 0.3) is 0 Å². The monoisotopic (exact) mass is 303 g/mol. The Kier molecular flexibility index (Phi) is 6.10. The standard InChI is InChI=1S/C18H25NO3/c1-13(2)11-14-5-9-17(10-6-14)22-12-15-3-7-16(8-4-15)18(20)19-21/h5-6,9-10,13,15-16H,3-4,7-8,11-12H2,1-2H3/t15-,16-. The van der Waals surface area contributed by atoms with E-state index in [-0.39, 0.29) is 5.92 Å². The Morgan fingerprint density at radius 3 is 2.36 bits per heavy atom. The second-order valence-electron chi connectivity index (χ2n) is 6.70. The average molecular weight is 303 g/mol. The van der Waals surface area contributed by atoms with Crippen LogP contribution in [0.15, 0.2) is 29.4 Å². The van der Waals surface area contributed by atoms with Gasteiger partial charge in [0.05, 0.1) is 6.61 Å². The summed E-state index contributed by atoms with van der Waals surface area (Å²) < 4.78 is 5.86. The molecule has 0 bridgehead atoms. The summed E-state index contributed by atoms with van der Waals surface area (Å²) in [5.74, 6) is 1.38. The molecule has 0 spiro atoms. The van der Waals surface area contributed by atoms with Gasteiger partial charge in [-0.2, -0.15) is 0 Å². The van der Waals surface area contributed by atoms with Gasteiger partial charge in [0.2, 0.25) is 0 Å². The second kappa shape index (κ2) is 8.06. The Morgan fingerprint density at radius 1 is 1.18 bits per heavy atom. The molecule has 0 radical (unpaired) electrons.